The Morgan fingerprint density at radius 3 is 2.55 bits per heavy atom. The molecule has 0 fully saturated rings. The number of nitrogens with one attached hydrogen (secondary N) is 2. The molecular formula is C19H18F3N9O2. The fourth-order valence-electron chi connectivity index (χ4n) is 3.19. The van der Waals surface area contributed by atoms with E-state index in [9.17, 15) is 18.0 Å². The van der Waals surface area contributed by atoms with Gasteiger partial charge in [-0.1, -0.05) is 0 Å². The first-order chi connectivity index (χ1) is 15.7. The van der Waals surface area contributed by atoms with E-state index in [1.165, 1.54) is 25.7 Å². The van der Waals surface area contributed by atoms with Crippen molar-refractivity contribution in [1.82, 2.24) is 34.6 Å². The highest BCUT2D eigenvalue weighted by Gasteiger charge is 2.36. The summed E-state index contributed by atoms with van der Waals surface area (Å²) in [7, 11) is 1.50. The molecule has 4 rings (SSSR count). The van der Waals surface area contributed by atoms with Gasteiger partial charge in [0.1, 0.15) is 5.56 Å². The molecule has 4 aromatic rings. The van der Waals surface area contributed by atoms with Crippen LogP contribution in [0, 0.1) is 6.92 Å². The molecule has 0 saturated carbocycles. The van der Waals surface area contributed by atoms with Crippen molar-refractivity contribution < 1.29 is 22.7 Å². The summed E-state index contributed by atoms with van der Waals surface area (Å²) in [6.45, 7) is 3.56. The first kappa shape index (κ1) is 22.1. The number of aromatic nitrogens is 7. The lowest BCUT2D eigenvalue weighted by molar-refractivity contribution is -0.137. The van der Waals surface area contributed by atoms with Crippen LogP contribution in [0.4, 0.5) is 29.3 Å². The van der Waals surface area contributed by atoms with Crippen LogP contribution >= 0.6 is 0 Å². The van der Waals surface area contributed by atoms with Crippen LogP contribution in [0.15, 0.2) is 37.1 Å². The molecule has 172 valence electrons. The first-order valence-electron chi connectivity index (χ1n) is 9.57. The third-order valence-corrected chi connectivity index (χ3v) is 4.70. The van der Waals surface area contributed by atoms with Gasteiger partial charge in [0.2, 0.25) is 0 Å². The predicted octanol–water partition coefficient (Wildman–Crippen LogP) is 3.38. The molecule has 4 aromatic heterocycles. The van der Waals surface area contributed by atoms with Gasteiger partial charge < -0.3 is 15.4 Å². The number of hydrogen-bond acceptors (Lipinski definition) is 7. The number of urea groups is 1. The smallest absolute Gasteiger partial charge is 0.377 e. The number of nitrogens with zero attached hydrogens (tertiary/aromatic N) is 7. The van der Waals surface area contributed by atoms with Crippen LogP contribution in [-0.2, 0) is 10.9 Å². The maximum absolute atomic E-state index is 13.6. The number of aryl methyl sites for hydroxylation is 1. The third-order valence-electron chi connectivity index (χ3n) is 4.70. The number of rotatable bonds is 5. The van der Waals surface area contributed by atoms with Crippen LogP contribution in [0.5, 0.6) is 0 Å². The minimum atomic E-state index is -4.75. The summed E-state index contributed by atoms with van der Waals surface area (Å²) >= 11 is 0. The number of pyridine rings is 1. The fraction of sp³-hybridized carbons (Fsp3) is 0.263. The average Bonchev–Trinajstić information content (AvgIpc) is 3.41. The van der Waals surface area contributed by atoms with Crippen molar-refractivity contribution in [3.63, 3.8) is 0 Å². The van der Waals surface area contributed by atoms with Crippen molar-refractivity contribution in [2.24, 2.45) is 0 Å². The molecular weight excluding hydrogens is 443 g/mol. The van der Waals surface area contributed by atoms with E-state index < -0.39 is 29.7 Å². The Morgan fingerprint density at radius 2 is 1.88 bits per heavy atom. The average molecular weight is 461 g/mol. The van der Waals surface area contributed by atoms with E-state index in [2.05, 4.69) is 35.9 Å². The van der Waals surface area contributed by atoms with Crippen LogP contribution in [0.3, 0.4) is 0 Å². The molecule has 0 aromatic carbocycles. The zero-order valence-corrected chi connectivity index (χ0v) is 17.6. The number of alkyl halides is 3. The Hall–Kier alpha value is -4.07. The summed E-state index contributed by atoms with van der Waals surface area (Å²) in [4.78, 5) is 21.5. The summed E-state index contributed by atoms with van der Waals surface area (Å²) in [5.74, 6) is -0.515. The molecule has 14 heteroatoms. The largest absolute Gasteiger partial charge is 0.420 e. The van der Waals surface area contributed by atoms with Crippen LogP contribution in [0.1, 0.15) is 29.8 Å². The summed E-state index contributed by atoms with van der Waals surface area (Å²) in [6.07, 6.45) is 1.45. The minimum Gasteiger partial charge on any atom is -0.377 e. The lowest BCUT2D eigenvalue weighted by atomic mass is 10.1. The number of amides is 2. The summed E-state index contributed by atoms with van der Waals surface area (Å²) in [5.41, 5.74) is 0.762. The molecule has 0 aliphatic rings. The second kappa shape index (κ2) is 8.46. The van der Waals surface area contributed by atoms with Gasteiger partial charge in [-0.3, -0.25) is 0 Å². The van der Waals surface area contributed by atoms with Gasteiger partial charge >= 0.3 is 12.2 Å². The van der Waals surface area contributed by atoms with Crippen molar-refractivity contribution >= 4 is 23.1 Å². The monoisotopic (exact) mass is 461 g/mol. The normalized spacial score (nSPS) is 12.7. The van der Waals surface area contributed by atoms with Crippen LogP contribution in [0.25, 0.3) is 11.5 Å². The predicted molar refractivity (Wildman–Crippen MR) is 110 cm³/mol. The Kier molecular flexibility index (Phi) is 5.68. The molecule has 0 saturated heterocycles. The number of carbonyl (C=O) groups is 1. The molecule has 2 amide bonds. The number of anilines is 2. The molecule has 0 aliphatic carbocycles. The minimum absolute atomic E-state index is 0.178. The lowest BCUT2D eigenvalue weighted by Gasteiger charge is -2.17. The van der Waals surface area contributed by atoms with Gasteiger partial charge in [0.05, 0.1) is 59.7 Å². The summed E-state index contributed by atoms with van der Waals surface area (Å²) in [6, 6.07) is -0.0440. The van der Waals surface area contributed by atoms with Crippen molar-refractivity contribution in [3.8, 4) is 5.82 Å². The van der Waals surface area contributed by atoms with Gasteiger partial charge in [-0.05, 0) is 19.9 Å². The SMILES string of the molecule is CO[C@H](C)c1c(NC(=O)Nc2cnc(-n3nccn3)c(C(F)(F)F)c2)cnn2cc(C)nc12. The van der Waals surface area contributed by atoms with Crippen LogP contribution in [0.2, 0.25) is 0 Å². The highest BCUT2D eigenvalue weighted by molar-refractivity contribution is 6.00. The molecule has 0 spiro atoms. The third kappa shape index (κ3) is 4.45. The number of carbonyl (C=O) groups excluding carboxylic acids is 1. The molecule has 11 nitrogen and oxygen atoms in total. The van der Waals surface area contributed by atoms with E-state index >= 15 is 0 Å². The van der Waals surface area contributed by atoms with Gasteiger partial charge in [0.25, 0.3) is 0 Å². The lowest BCUT2D eigenvalue weighted by Crippen LogP contribution is -2.22. The number of hydrogen-bond donors (Lipinski definition) is 2. The number of halogens is 3. The Morgan fingerprint density at radius 1 is 1.15 bits per heavy atom. The number of methoxy groups -OCH3 is 1. The molecule has 1 atom stereocenters. The maximum atomic E-state index is 13.6. The van der Waals surface area contributed by atoms with Gasteiger partial charge in [-0.25, -0.2) is 19.3 Å². The maximum Gasteiger partial charge on any atom is 0.420 e. The Balaban J connectivity index is 1.63. The molecule has 4 heterocycles. The van der Waals surface area contributed by atoms with E-state index in [4.69, 9.17) is 4.74 Å². The van der Waals surface area contributed by atoms with Crippen molar-refractivity contribution in [2.75, 3.05) is 17.7 Å². The fourth-order valence-corrected chi connectivity index (χ4v) is 3.19. The topological polar surface area (TPSA) is 124 Å². The molecule has 2 N–H and O–H groups in total. The Bertz CT molecular complexity index is 1300. The number of ether oxygens (including phenoxy) is 1. The quantitative estimate of drug-likeness (QED) is 0.467. The van der Waals surface area contributed by atoms with Crippen molar-refractivity contribution in [2.45, 2.75) is 26.1 Å². The van der Waals surface area contributed by atoms with Crippen molar-refractivity contribution in [3.05, 3.63) is 53.9 Å². The van der Waals surface area contributed by atoms with Gasteiger partial charge in [-0.2, -0.15) is 28.5 Å². The molecule has 0 aliphatic heterocycles. The Labute approximate surface area is 184 Å². The highest BCUT2D eigenvalue weighted by Crippen LogP contribution is 2.34. The number of imidazole rings is 1. The van der Waals surface area contributed by atoms with E-state index in [1.54, 1.807) is 24.6 Å². The highest BCUT2D eigenvalue weighted by atomic mass is 19.4. The molecule has 0 unspecified atom stereocenters. The second-order valence-electron chi connectivity index (χ2n) is 6.99. The first-order valence-corrected chi connectivity index (χ1v) is 9.57. The van der Waals surface area contributed by atoms with Crippen molar-refractivity contribution in [1.29, 1.82) is 0 Å². The van der Waals surface area contributed by atoms with E-state index in [1.807, 2.05) is 0 Å². The van der Waals surface area contributed by atoms with Crippen LogP contribution < -0.4 is 10.6 Å². The van der Waals surface area contributed by atoms with E-state index in [0.29, 0.717) is 22.6 Å². The molecule has 0 bridgehead atoms. The number of fused-ring (bicyclic) bond motifs is 1. The van der Waals surface area contributed by atoms with Gasteiger partial charge in [-0.15, -0.1) is 4.80 Å². The van der Waals surface area contributed by atoms with Gasteiger partial charge in [0.15, 0.2) is 11.5 Å². The zero-order chi connectivity index (χ0) is 23.8. The standard InChI is InChI=1S/C19H18F3N9O2/c1-10-9-30-17(27-10)15(11(2)33-3)14(8-26-30)29-18(32)28-12-6-13(19(20,21)22)16(23-7-12)31-24-4-5-25-31/h4-9,11H,1-3H3,(H2,28,29,32)/t11-/m1/s1. The summed E-state index contributed by atoms with van der Waals surface area (Å²) in [5, 5.41) is 16.5. The molecule has 33 heavy (non-hydrogen) atoms. The molecule has 0 radical (unpaired) electrons. The van der Waals surface area contributed by atoms with Crippen LogP contribution in [-0.4, -0.2) is 47.7 Å². The van der Waals surface area contributed by atoms with Gasteiger partial charge in [0, 0.05) is 7.11 Å². The summed E-state index contributed by atoms with van der Waals surface area (Å²) < 4.78 is 47.6. The zero-order valence-electron chi connectivity index (χ0n) is 17.6. The van der Waals surface area contributed by atoms with E-state index in [0.717, 1.165) is 17.1 Å². The van der Waals surface area contributed by atoms with E-state index in [-0.39, 0.29) is 5.69 Å². The second-order valence-corrected chi connectivity index (χ2v) is 6.99.